The molecule has 0 saturated carbocycles. The smallest absolute Gasteiger partial charge is 0.255 e. The van der Waals surface area contributed by atoms with E-state index >= 15 is 0 Å². The number of rotatable bonds is 4. The molecule has 4 nitrogen and oxygen atoms in total. The van der Waals surface area contributed by atoms with Crippen molar-refractivity contribution in [3.05, 3.63) is 59.7 Å². The molecule has 2 aromatic rings. The van der Waals surface area contributed by atoms with Gasteiger partial charge in [0.15, 0.2) is 0 Å². The molecule has 1 fully saturated rings. The molecule has 5 heteroatoms. The average molecular weight is 340 g/mol. The Kier molecular flexibility index (Phi) is 5.20. The summed E-state index contributed by atoms with van der Waals surface area (Å²) >= 11 is 1.64. The topological polar surface area (TPSA) is 49.4 Å². The minimum atomic E-state index is -0.152. The predicted octanol–water partition coefficient (Wildman–Crippen LogP) is 3.90. The predicted molar refractivity (Wildman–Crippen MR) is 97.8 cm³/mol. The molecule has 0 aliphatic carbocycles. The van der Waals surface area contributed by atoms with Crippen LogP contribution in [0.1, 0.15) is 33.6 Å². The number of carbonyl (C=O) groups is 2. The Hall–Kier alpha value is -2.27. The number of nitrogens with zero attached hydrogens (tertiary/aromatic N) is 1. The highest BCUT2D eigenvalue weighted by Gasteiger charge is 2.19. The Labute approximate surface area is 146 Å². The van der Waals surface area contributed by atoms with Crippen LogP contribution in [-0.4, -0.2) is 36.1 Å². The maximum Gasteiger partial charge on any atom is 0.255 e. The Morgan fingerprint density at radius 2 is 1.50 bits per heavy atom. The molecule has 0 aromatic heterocycles. The van der Waals surface area contributed by atoms with Crippen LogP contribution in [0.15, 0.2) is 53.4 Å². The van der Waals surface area contributed by atoms with E-state index in [-0.39, 0.29) is 11.8 Å². The lowest BCUT2D eigenvalue weighted by molar-refractivity contribution is 0.0792. The van der Waals surface area contributed by atoms with Crippen LogP contribution >= 0.6 is 11.8 Å². The molecule has 3 rings (SSSR count). The molecular weight excluding hydrogens is 320 g/mol. The van der Waals surface area contributed by atoms with E-state index in [1.165, 1.54) is 0 Å². The van der Waals surface area contributed by atoms with Gasteiger partial charge in [-0.05, 0) is 67.6 Å². The highest BCUT2D eigenvalue weighted by atomic mass is 32.2. The van der Waals surface area contributed by atoms with Crippen LogP contribution < -0.4 is 5.32 Å². The zero-order chi connectivity index (χ0) is 16.9. The Bertz CT molecular complexity index is 720. The largest absolute Gasteiger partial charge is 0.339 e. The van der Waals surface area contributed by atoms with Crippen molar-refractivity contribution in [1.82, 2.24) is 4.90 Å². The quantitative estimate of drug-likeness (QED) is 0.859. The Balaban J connectivity index is 1.64. The summed E-state index contributed by atoms with van der Waals surface area (Å²) < 4.78 is 0. The van der Waals surface area contributed by atoms with Gasteiger partial charge in [0.05, 0.1) is 0 Å². The second-order valence-electron chi connectivity index (χ2n) is 5.76. The van der Waals surface area contributed by atoms with E-state index in [0.29, 0.717) is 16.8 Å². The summed E-state index contributed by atoms with van der Waals surface area (Å²) in [5.41, 5.74) is 1.97. The van der Waals surface area contributed by atoms with Crippen LogP contribution in [0.3, 0.4) is 0 Å². The molecule has 0 spiro atoms. The lowest BCUT2D eigenvalue weighted by Gasteiger charge is -2.15. The zero-order valence-corrected chi connectivity index (χ0v) is 14.4. The van der Waals surface area contributed by atoms with Gasteiger partial charge < -0.3 is 10.2 Å². The molecule has 24 heavy (non-hydrogen) atoms. The second-order valence-corrected chi connectivity index (χ2v) is 6.64. The summed E-state index contributed by atoms with van der Waals surface area (Å²) in [7, 11) is 0. The molecule has 0 bridgehead atoms. The van der Waals surface area contributed by atoms with Gasteiger partial charge in [-0.1, -0.05) is 0 Å². The first-order chi connectivity index (χ1) is 11.7. The number of carbonyl (C=O) groups excluding carboxylic acids is 2. The highest BCUT2D eigenvalue weighted by Crippen LogP contribution is 2.18. The molecule has 1 N–H and O–H groups in total. The van der Waals surface area contributed by atoms with Crippen LogP contribution in [0, 0.1) is 0 Å². The second kappa shape index (κ2) is 7.53. The van der Waals surface area contributed by atoms with E-state index in [4.69, 9.17) is 0 Å². The number of thioether (sulfide) groups is 1. The fourth-order valence-corrected chi connectivity index (χ4v) is 3.15. The van der Waals surface area contributed by atoms with Crippen molar-refractivity contribution in [1.29, 1.82) is 0 Å². The van der Waals surface area contributed by atoms with Crippen molar-refractivity contribution < 1.29 is 9.59 Å². The summed E-state index contributed by atoms with van der Waals surface area (Å²) in [5.74, 6) is -0.0840. The van der Waals surface area contributed by atoms with Crippen molar-refractivity contribution in [2.75, 3.05) is 24.7 Å². The van der Waals surface area contributed by atoms with Gasteiger partial charge in [0.25, 0.3) is 11.8 Å². The maximum absolute atomic E-state index is 12.3. The maximum atomic E-state index is 12.3. The van der Waals surface area contributed by atoms with Crippen molar-refractivity contribution in [3.8, 4) is 0 Å². The van der Waals surface area contributed by atoms with Crippen molar-refractivity contribution in [3.63, 3.8) is 0 Å². The molecule has 2 aromatic carbocycles. The molecule has 1 saturated heterocycles. The summed E-state index contributed by atoms with van der Waals surface area (Å²) in [4.78, 5) is 27.5. The molecule has 0 atom stereocenters. The average Bonchev–Trinajstić information content (AvgIpc) is 3.16. The molecule has 0 radical (unpaired) electrons. The van der Waals surface area contributed by atoms with E-state index in [0.717, 1.165) is 30.8 Å². The van der Waals surface area contributed by atoms with E-state index in [2.05, 4.69) is 5.32 Å². The Morgan fingerprint density at radius 3 is 2.08 bits per heavy atom. The van der Waals surface area contributed by atoms with Crippen molar-refractivity contribution in [2.45, 2.75) is 17.7 Å². The standard InChI is InChI=1S/C19H20N2O2S/c1-24-17-10-6-14(7-11-17)18(22)20-16-8-4-15(5-9-16)19(23)21-12-2-3-13-21/h4-11H,2-3,12-13H2,1H3,(H,20,22). The zero-order valence-electron chi connectivity index (χ0n) is 13.6. The lowest BCUT2D eigenvalue weighted by atomic mass is 10.1. The number of anilines is 1. The van der Waals surface area contributed by atoms with Crippen LogP contribution in [-0.2, 0) is 0 Å². The normalized spacial score (nSPS) is 13.8. The third kappa shape index (κ3) is 3.79. The van der Waals surface area contributed by atoms with Gasteiger partial charge >= 0.3 is 0 Å². The Morgan fingerprint density at radius 1 is 0.917 bits per heavy atom. The molecule has 1 aliphatic rings. The van der Waals surface area contributed by atoms with Gasteiger partial charge in [-0.2, -0.15) is 0 Å². The van der Waals surface area contributed by atoms with Gasteiger partial charge in [-0.3, -0.25) is 9.59 Å². The SMILES string of the molecule is CSc1ccc(C(=O)Nc2ccc(C(=O)N3CCCC3)cc2)cc1. The highest BCUT2D eigenvalue weighted by molar-refractivity contribution is 7.98. The van der Waals surface area contributed by atoms with Gasteiger partial charge in [0.1, 0.15) is 0 Å². The number of benzene rings is 2. The molecule has 0 unspecified atom stereocenters. The molecule has 1 heterocycles. The van der Waals surface area contributed by atoms with Gasteiger partial charge in [0, 0.05) is 34.8 Å². The number of nitrogens with one attached hydrogen (secondary N) is 1. The van der Waals surface area contributed by atoms with Crippen LogP contribution in [0.25, 0.3) is 0 Å². The first-order valence-electron chi connectivity index (χ1n) is 8.02. The third-order valence-electron chi connectivity index (χ3n) is 4.14. The van der Waals surface area contributed by atoms with Crippen LogP contribution in [0.4, 0.5) is 5.69 Å². The minimum absolute atomic E-state index is 0.0676. The monoisotopic (exact) mass is 340 g/mol. The van der Waals surface area contributed by atoms with E-state index in [9.17, 15) is 9.59 Å². The summed E-state index contributed by atoms with van der Waals surface area (Å²) in [5, 5.41) is 2.86. The summed E-state index contributed by atoms with van der Waals surface area (Å²) in [6.07, 6.45) is 4.16. The number of hydrogen-bond acceptors (Lipinski definition) is 3. The van der Waals surface area contributed by atoms with Crippen LogP contribution in [0.5, 0.6) is 0 Å². The molecule has 1 aliphatic heterocycles. The third-order valence-corrected chi connectivity index (χ3v) is 4.88. The fraction of sp³-hybridized carbons (Fsp3) is 0.263. The van der Waals surface area contributed by atoms with Gasteiger partial charge in [-0.25, -0.2) is 0 Å². The molecular formula is C19H20N2O2S. The molecule has 2 amide bonds. The van der Waals surface area contributed by atoms with Gasteiger partial charge in [0.2, 0.25) is 0 Å². The minimum Gasteiger partial charge on any atom is -0.339 e. The van der Waals surface area contributed by atoms with E-state index in [1.807, 2.05) is 35.4 Å². The molecule has 124 valence electrons. The number of amides is 2. The first-order valence-corrected chi connectivity index (χ1v) is 9.24. The van der Waals surface area contributed by atoms with E-state index < -0.39 is 0 Å². The summed E-state index contributed by atoms with van der Waals surface area (Å²) in [6.45, 7) is 1.67. The lowest BCUT2D eigenvalue weighted by Crippen LogP contribution is -2.27. The number of likely N-dealkylation sites (tertiary alicyclic amines) is 1. The summed E-state index contributed by atoms with van der Waals surface area (Å²) in [6, 6.07) is 14.6. The number of hydrogen-bond donors (Lipinski definition) is 1. The fourth-order valence-electron chi connectivity index (χ4n) is 2.74. The van der Waals surface area contributed by atoms with Crippen molar-refractivity contribution >= 4 is 29.3 Å². The van der Waals surface area contributed by atoms with Crippen LogP contribution in [0.2, 0.25) is 0 Å². The van der Waals surface area contributed by atoms with E-state index in [1.54, 1.807) is 36.0 Å². The first kappa shape index (κ1) is 16.6. The van der Waals surface area contributed by atoms with Gasteiger partial charge in [-0.15, -0.1) is 11.8 Å². The van der Waals surface area contributed by atoms with Crippen molar-refractivity contribution in [2.24, 2.45) is 0 Å².